The third-order valence-electron chi connectivity index (χ3n) is 2.38. The number of rotatable bonds is 5. The molecule has 2 aromatic rings. The standard InChI is InChI=1S/C15H12O4/c16-14(12-7-3-1-4-8-12)15(17)19-11-18-13-9-5-2-6-10-13/h1-10H,11H2. The molecule has 2 rings (SSSR count). The van der Waals surface area contributed by atoms with Gasteiger partial charge in [-0.2, -0.15) is 0 Å². The fourth-order valence-electron chi connectivity index (χ4n) is 1.44. The van der Waals surface area contributed by atoms with Crippen LogP contribution in [0.4, 0.5) is 0 Å². The van der Waals surface area contributed by atoms with Crippen molar-refractivity contribution in [2.24, 2.45) is 0 Å². The van der Waals surface area contributed by atoms with Gasteiger partial charge in [0.1, 0.15) is 5.75 Å². The molecule has 0 saturated heterocycles. The quantitative estimate of drug-likeness (QED) is 0.357. The maximum atomic E-state index is 11.7. The number of hydrogen-bond acceptors (Lipinski definition) is 4. The van der Waals surface area contributed by atoms with E-state index in [2.05, 4.69) is 0 Å². The molecular formula is C15H12O4. The molecule has 0 N–H and O–H groups in total. The summed E-state index contributed by atoms with van der Waals surface area (Å²) in [5.74, 6) is -1.04. The van der Waals surface area contributed by atoms with Crippen LogP contribution in [-0.4, -0.2) is 18.5 Å². The molecule has 4 nitrogen and oxygen atoms in total. The predicted octanol–water partition coefficient (Wildman–Crippen LogP) is 2.45. The fourth-order valence-corrected chi connectivity index (χ4v) is 1.44. The van der Waals surface area contributed by atoms with E-state index in [1.54, 1.807) is 54.6 Å². The van der Waals surface area contributed by atoms with Crippen LogP contribution in [0.15, 0.2) is 60.7 Å². The first-order chi connectivity index (χ1) is 9.27. The summed E-state index contributed by atoms with van der Waals surface area (Å²) in [6.45, 7) is -0.290. The number of para-hydroxylation sites is 1. The molecule has 0 heterocycles. The van der Waals surface area contributed by atoms with Crippen LogP contribution in [-0.2, 0) is 9.53 Å². The van der Waals surface area contributed by atoms with Gasteiger partial charge in [-0.15, -0.1) is 0 Å². The van der Waals surface area contributed by atoms with Gasteiger partial charge in [0, 0.05) is 5.56 Å². The van der Waals surface area contributed by atoms with E-state index in [9.17, 15) is 9.59 Å². The molecule has 0 aliphatic carbocycles. The third-order valence-corrected chi connectivity index (χ3v) is 2.38. The Morgan fingerprint density at radius 1 is 0.842 bits per heavy atom. The van der Waals surface area contributed by atoms with E-state index in [0.29, 0.717) is 11.3 Å². The van der Waals surface area contributed by atoms with Crippen LogP contribution in [0, 0.1) is 0 Å². The van der Waals surface area contributed by atoms with Crippen molar-refractivity contribution >= 4 is 11.8 Å². The second-order valence-corrected chi connectivity index (χ2v) is 3.70. The summed E-state index contributed by atoms with van der Waals surface area (Å²) < 4.78 is 9.92. The van der Waals surface area contributed by atoms with Gasteiger partial charge in [0.2, 0.25) is 6.79 Å². The van der Waals surface area contributed by atoms with Crippen LogP contribution in [0.3, 0.4) is 0 Å². The second-order valence-electron chi connectivity index (χ2n) is 3.70. The molecule has 0 spiro atoms. The van der Waals surface area contributed by atoms with Gasteiger partial charge in [-0.05, 0) is 12.1 Å². The maximum absolute atomic E-state index is 11.7. The van der Waals surface area contributed by atoms with Gasteiger partial charge < -0.3 is 9.47 Å². The molecule has 0 aliphatic heterocycles. The minimum absolute atomic E-state index is 0.290. The molecule has 0 radical (unpaired) electrons. The van der Waals surface area contributed by atoms with E-state index in [-0.39, 0.29) is 6.79 Å². The Labute approximate surface area is 110 Å². The average Bonchev–Trinajstić information content (AvgIpc) is 2.48. The number of ketones is 1. The van der Waals surface area contributed by atoms with Crippen LogP contribution in [0.1, 0.15) is 10.4 Å². The molecule has 0 amide bonds. The van der Waals surface area contributed by atoms with Crippen molar-refractivity contribution in [2.45, 2.75) is 0 Å². The number of hydrogen-bond donors (Lipinski definition) is 0. The van der Waals surface area contributed by atoms with Crippen molar-refractivity contribution in [3.63, 3.8) is 0 Å². The predicted molar refractivity (Wildman–Crippen MR) is 68.8 cm³/mol. The molecule has 0 bridgehead atoms. The highest BCUT2D eigenvalue weighted by atomic mass is 16.7. The smallest absolute Gasteiger partial charge is 0.382 e. The maximum Gasteiger partial charge on any atom is 0.382 e. The van der Waals surface area contributed by atoms with E-state index in [0.717, 1.165) is 0 Å². The molecule has 4 heteroatoms. The highest BCUT2D eigenvalue weighted by Gasteiger charge is 2.17. The molecule has 0 atom stereocenters. The molecular weight excluding hydrogens is 244 g/mol. The molecule has 96 valence electrons. The van der Waals surface area contributed by atoms with Crippen molar-refractivity contribution in [1.29, 1.82) is 0 Å². The molecule has 2 aromatic carbocycles. The zero-order valence-corrected chi connectivity index (χ0v) is 10.1. The number of ether oxygens (including phenoxy) is 2. The lowest BCUT2D eigenvalue weighted by Gasteiger charge is -2.06. The first kappa shape index (κ1) is 12.8. The minimum atomic E-state index is -0.929. The summed E-state index contributed by atoms with van der Waals surface area (Å²) in [7, 11) is 0. The monoisotopic (exact) mass is 256 g/mol. The Bertz CT molecular complexity index is 549. The van der Waals surface area contributed by atoms with Gasteiger partial charge in [0.05, 0.1) is 0 Å². The number of carbonyl (C=O) groups is 2. The Morgan fingerprint density at radius 3 is 2.05 bits per heavy atom. The molecule has 19 heavy (non-hydrogen) atoms. The third kappa shape index (κ3) is 3.67. The van der Waals surface area contributed by atoms with E-state index in [1.807, 2.05) is 6.07 Å². The van der Waals surface area contributed by atoms with E-state index in [4.69, 9.17) is 9.47 Å². The van der Waals surface area contributed by atoms with E-state index < -0.39 is 11.8 Å². The summed E-state index contributed by atoms with van der Waals surface area (Å²) in [6, 6.07) is 17.1. The number of esters is 1. The Morgan fingerprint density at radius 2 is 1.42 bits per heavy atom. The van der Waals surface area contributed by atoms with E-state index >= 15 is 0 Å². The summed E-state index contributed by atoms with van der Waals surface area (Å²) in [4.78, 5) is 23.1. The molecule has 0 fully saturated rings. The van der Waals surface area contributed by atoms with Gasteiger partial charge in [0.25, 0.3) is 5.78 Å². The van der Waals surface area contributed by atoms with Crippen molar-refractivity contribution in [1.82, 2.24) is 0 Å². The molecule has 0 unspecified atom stereocenters. The molecule has 0 aliphatic rings. The zero-order chi connectivity index (χ0) is 13.5. The first-order valence-electron chi connectivity index (χ1n) is 5.72. The van der Waals surface area contributed by atoms with Crippen LogP contribution < -0.4 is 4.74 Å². The first-order valence-corrected chi connectivity index (χ1v) is 5.72. The van der Waals surface area contributed by atoms with Gasteiger partial charge in [-0.3, -0.25) is 4.79 Å². The zero-order valence-electron chi connectivity index (χ0n) is 10.1. The lowest BCUT2D eigenvalue weighted by molar-refractivity contribution is -0.144. The summed E-state index contributed by atoms with van der Waals surface area (Å²) >= 11 is 0. The van der Waals surface area contributed by atoms with Gasteiger partial charge in [-0.25, -0.2) is 4.79 Å². The van der Waals surface area contributed by atoms with E-state index in [1.165, 1.54) is 0 Å². The fraction of sp³-hybridized carbons (Fsp3) is 0.0667. The van der Waals surface area contributed by atoms with Crippen LogP contribution in [0.5, 0.6) is 5.75 Å². The van der Waals surface area contributed by atoms with Crippen molar-refractivity contribution in [2.75, 3.05) is 6.79 Å². The number of carbonyl (C=O) groups excluding carboxylic acids is 2. The SMILES string of the molecule is O=C(OCOc1ccccc1)C(=O)c1ccccc1. The Kier molecular flexibility index (Phi) is 4.29. The Hall–Kier alpha value is -2.62. The summed E-state index contributed by atoms with van der Waals surface area (Å²) in [6.07, 6.45) is 0. The van der Waals surface area contributed by atoms with Crippen LogP contribution in [0.25, 0.3) is 0 Å². The normalized spacial score (nSPS) is 9.68. The molecule has 0 saturated carbocycles. The number of benzene rings is 2. The van der Waals surface area contributed by atoms with Crippen molar-refractivity contribution < 1.29 is 19.1 Å². The van der Waals surface area contributed by atoms with Crippen molar-refractivity contribution in [3.8, 4) is 5.75 Å². The average molecular weight is 256 g/mol. The second kappa shape index (κ2) is 6.35. The minimum Gasteiger partial charge on any atom is -0.457 e. The lowest BCUT2D eigenvalue weighted by atomic mass is 10.1. The van der Waals surface area contributed by atoms with Gasteiger partial charge in [0.15, 0.2) is 0 Å². The van der Waals surface area contributed by atoms with Crippen LogP contribution >= 0.6 is 0 Å². The topological polar surface area (TPSA) is 52.6 Å². The lowest BCUT2D eigenvalue weighted by Crippen LogP contribution is -2.20. The highest BCUT2D eigenvalue weighted by Crippen LogP contribution is 2.08. The van der Waals surface area contributed by atoms with Gasteiger partial charge in [-0.1, -0.05) is 48.5 Å². The summed E-state index contributed by atoms with van der Waals surface area (Å²) in [5, 5.41) is 0. The Balaban J connectivity index is 1.84. The largest absolute Gasteiger partial charge is 0.457 e. The molecule has 0 aromatic heterocycles. The summed E-state index contributed by atoms with van der Waals surface area (Å²) in [5.41, 5.74) is 0.298. The number of Topliss-reactive ketones (excluding diaryl/α,β-unsaturated/α-hetero) is 1. The van der Waals surface area contributed by atoms with Crippen LogP contribution in [0.2, 0.25) is 0 Å². The van der Waals surface area contributed by atoms with Crippen molar-refractivity contribution in [3.05, 3.63) is 66.2 Å². The highest BCUT2D eigenvalue weighted by molar-refractivity contribution is 6.40. The van der Waals surface area contributed by atoms with Gasteiger partial charge >= 0.3 is 5.97 Å².